The lowest BCUT2D eigenvalue weighted by molar-refractivity contribution is -0.0394. The second-order valence-electron chi connectivity index (χ2n) is 8.58. The number of rotatable bonds is 0. The molecule has 0 spiro atoms. The molecule has 1 aliphatic carbocycles. The van der Waals surface area contributed by atoms with Crippen molar-refractivity contribution in [1.29, 1.82) is 0 Å². The molecule has 8 atom stereocenters. The van der Waals surface area contributed by atoms with Crippen LogP contribution in [0.25, 0.3) is 0 Å². The molecule has 25 heavy (non-hydrogen) atoms. The lowest BCUT2D eigenvalue weighted by atomic mass is 9.76. The number of fused-ring (bicyclic) bond motifs is 4. The Morgan fingerprint density at radius 1 is 0.880 bits per heavy atom. The van der Waals surface area contributed by atoms with Crippen molar-refractivity contribution >= 4 is 0 Å². The van der Waals surface area contributed by atoms with Crippen LogP contribution in [0.5, 0.6) is 0 Å². The molecule has 1 saturated carbocycles. The van der Waals surface area contributed by atoms with E-state index in [4.69, 9.17) is 9.47 Å². The van der Waals surface area contributed by atoms with E-state index in [2.05, 4.69) is 35.3 Å². The highest BCUT2D eigenvalue weighted by molar-refractivity contribution is 5.02. The van der Waals surface area contributed by atoms with Crippen molar-refractivity contribution in [3.63, 3.8) is 0 Å². The second kappa shape index (κ2) is 8.19. The Balaban J connectivity index is 1.49. The molecule has 4 N–H and O–H groups in total. The average molecular weight is 353 g/mol. The van der Waals surface area contributed by atoms with Crippen molar-refractivity contribution in [2.24, 2.45) is 5.92 Å². The van der Waals surface area contributed by atoms with Crippen molar-refractivity contribution in [1.82, 2.24) is 21.5 Å². The molecule has 0 radical (unpaired) electrons. The molecular formula is C19H36N4O2. The number of hydrogen-bond donors (Lipinski definition) is 4. The Hall–Kier alpha value is -0.240. The van der Waals surface area contributed by atoms with Crippen LogP contribution in [0, 0.1) is 5.92 Å². The molecule has 6 nitrogen and oxygen atoms in total. The van der Waals surface area contributed by atoms with E-state index in [1.165, 1.54) is 38.5 Å². The molecule has 0 aromatic carbocycles. The Morgan fingerprint density at radius 3 is 2.68 bits per heavy atom. The second-order valence-corrected chi connectivity index (χ2v) is 8.58. The molecule has 4 bridgehead atoms. The predicted molar refractivity (Wildman–Crippen MR) is 98.1 cm³/mol. The van der Waals surface area contributed by atoms with E-state index in [1.807, 2.05) is 0 Å². The fourth-order valence-corrected chi connectivity index (χ4v) is 5.31. The molecule has 0 amide bonds. The Morgan fingerprint density at radius 2 is 1.76 bits per heavy atom. The maximum atomic E-state index is 6.39. The average Bonchev–Trinajstić information content (AvgIpc) is 3.04. The topological polar surface area (TPSA) is 66.6 Å². The summed E-state index contributed by atoms with van der Waals surface area (Å²) in [4.78, 5) is 0. The SMILES string of the molecule is C[C@@H]1CCNCO[C@H](C)C2CCCC(N2)C2NNC3CCC(CC32)O1. The molecule has 144 valence electrons. The molecule has 0 aromatic rings. The molecule has 6 unspecified atom stereocenters. The van der Waals surface area contributed by atoms with Crippen LogP contribution in [0.2, 0.25) is 0 Å². The van der Waals surface area contributed by atoms with Crippen molar-refractivity contribution < 1.29 is 9.47 Å². The minimum Gasteiger partial charge on any atom is -0.375 e. The summed E-state index contributed by atoms with van der Waals surface area (Å²) in [5.74, 6) is 0.668. The first kappa shape index (κ1) is 18.1. The van der Waals surface area contributed by atoms with Crippen LogP contribution in [-0.2, 0) is 9.47 Å². The highest BCUT2D eigenvalue weighted by Gasteiger charge is 2.45. The van der Waals surface area contributed by atoms with E-state index in [0.717, 1.165) is 13.0 Å². The summed E-state index contributed by atoms with van der Waals surface area (Å²) in [6.45, 7) is 6.02. The maximum Gasteiger partial charge on any atom is 0.0969 e. The molecule has 4 fully saturated rings. The minimum absolute atomic E-state index is 0.248. The van der Waals surface area contributed by atoms with Crippen LogP contribution in [0.1, 0.15) is 58.8 Å². The zero-order valence-corrected chi connectivity index (χ0v) is 15.8. The van der Waals surface area contributed by atoms with Gasteiger partial charge in [0.2, 0.25) is 0 Å². The molecule has 3 heterocycles. The van der Waals surface area contributed by atoms with Crippen LogP contribution >= 0.6 is 0 Å². The fraction of sp³-hybridized carbons (Fsp3) is 1.00. The summed E-state index contributed by atoms with van der Waals surface area (Å²) in [6, 6.07) is 2.10. The van der Waals surface area contributed by atoms with E-state index >= 15 is 0 Å². The largest absolute Gasteiger partial charge is 0.375 e. The first-order valence-electron chi connectivity index (χ1n) is 10.5. The molecule has 4 rings (SSSR count). The maximum absolute atomic E-state index is 6.39. The zero-order valence-electron chi connectivity index (χ0n) is 15.8. The summed E-state index contributed by atoms with van der Waals surface area (Å²) < 4.78 is 12.4. The third kappa shape index (κ3) is 4.20. The third-order valence-electron chi connectivity index (χ3n) is 6.81. The fourth-order valence-electron chi connectivity index (χ4n) is 5.31. The van der Waals surface area contributed by atoms with Gasteiger partial charge in [0.1, 0.15) is 0 Å². The normalized spacial score (nSPS) is 49.2. The van der Waals surface area contributed by atoms with Gasteiger partial charge in [0.05, 0.1) is 25.0 Å². The van der Waals surface area contributed by atoms with Gasteiger partial charge in [0, 0.05) is 24.2 Å². The van der Waals surface area contributed by atoms with Gasteiger partial charge in [-0.1, -0.05) is 6.42 Å². The standard InChI is InChI=1S/C19H36N4O2/c1-12-8-9-20-11-24-13(2)16-4-3-5-18(21-16)19-15-10-14(25-12)6-7-17(15)22-23-19/h12-23H,3-11H2,1-2H3/t12-,13-,14?,15?,16?,17?,18?,19?/m1/s1. The van der Waals surface area contributed by atoms with Crippen LogP contribution in [-0.4, -0.2) is 55.8 Å². The summed E-state index contributed by atoms with van der Waals surface area (Å²) in [5.41, 5.74) is 7.23. The van der Waals surface area contributed by atoms with Crippen molar-refractivity contribution in [3.05, 3.63) is 0 Å². The molecular weight excluding hydrogens is 316 g/mol. The highest BCUT2D eigenvalue weighted by atomic mass is 16.5. The molecule has 6 heteroatoms. The number of hydrogen-bond acceptors (Lipinski definition) is 6. The molecule has 3 aliphatic heterocycles. The number of ether oxygens (including phenoxy) is 2. The van der Waals surface area contributed by atoms with E-state index in [0.29, 0.717) is 49.0 Å². The van der Waals surface area contributed by atoms with Gasteiger partial charge in [-0.05, 0) is 64.8 Å². The third-order valence-corrected chi connectivity index (χ3v) is 6.81. The minimum atomic E-state index is 0.248. The Kier molecular flexibility index (Phi) is 5.94. The summed E-state index contributed by atoms with van der Waals surface area (Å²) >= 11 is 0. The van der Waals surface area contributed by atoms with Gasteiger partial charge in [-0.15, -0.1) is 0 Å². The number of piperidine rings is 1. The van der Waals surface area contributed by atoms with Gasteiger partial charge < -0.3 is 14.8 Å². The van der Waals surface area contributed by atoms with Crippen LogP contribution in [0.4, 0.5) is 0 Å². The lowest BCUT2D eigenvalue weighted by Gasteiger charge is -2.41. The molecule has 3 saturated heterocycles. The first-order valence-corrected chi connectivity index (χ1v) is 10.5. The Labute approximate surface area is 152 Å². The van der Waals surface area contributed by atoms with Crippen molar-refractivity contribution in [2.75, 3.05) is 13.3 Å². The van der Waals surface area contributed by atoms with E-state index in [-0.39, 0.29) is 6.10 Å². The van der Waals surface area contributed by atoms with E-state index in [9.17, 15) is 0 Å². The van der Waals surface area contributed by atoms with Gasteiger partial charge in [0.15, 0.2) is 0 Å². The monoisotopic (exact) mass is 352 g/mol. The first-order chi connectivity index (χ1) is 12.2. The van der Waals surface area contributed by atoms with E-state index < -0.39 is 0 Å². The summed E-state index contributed by atoms with van der Waals surface area (Å²) in [6.07, 6.45) is 9.37. The summed E-state index contributed by atoms with van der Waals surface area (Å²) in [7, 11) is 0. The van der Waals surface area contributed by atoms with Crippen molar-refractivity contribution in [2.45, 2.75) is 101 Å². The van der Waals surface area contributed by atoms with Gasteiger partial charge in [0.25, 0.3) is 0 Å². The van der Waals surface area contributed by atoms with Crippen LogP contribution < -0.4 is 21.5 Å². The highest BCUT2D eigenvalue weighted by Crippen LogP contribution is 2.35. The number of nitrogens with one attached hydrogen (secondary N) is 4. The van der Waals surface area contributed by atoms with Crippen molar-refractivity contribution in [3.8, 4) is 0 Å². The Bertz CT molecular complexity index is 438. The van der Waals surface area contributed by atoms with Gasteiger partial charge in [-0.3, -0.25) is 16.2 Å². The van der Waals surface area contributed by atoms with Gasteiger partial charge in [-0.25, -0.2) is 0 Å². The van der Waals surface area contributed by atoms with Gasteiger partial charge >= 0.3 is 0 Å². The zero-order chi connectivity index (χ0) is 17.2. The van der Waals surface area contributed by atoms with Gasteiger partial charge in [-0.2, -0.15) is 0 Å². The summed E-state index contributed by atoms with van der Waals surface area (Å²) in [5, 5.41) is 7.34. The smallest absolute Gasteiger partial charge is 0.0969 e. The van der Waals surface area contributed by atoms with Crippen LogP contribution in [0.3, 0.4) is 0 Å². The predicted octanol–water partition coefficient (Wildman–Crippen LogP) is 1.27. The molecule has 4 aliphatic rings. The number of hydrazine groups is 1. The quantitative estimate of drug-likeness (QED) is 0.527. The van der Waals surface area contributed by atoms with Crippen LogP contribution in [0.15, 0.2) is 0 Å². The van der Waals surface area contributed by atoms with E-state index in [1.54, 1.807) is 0 Å². The molecule has 0 aromatic heterocycles. The lowest BCUT2D eigenvalue weighted by Crippen LogP contribution is -2.57.